The van der Waals surface area contributed by atoms with Crippen molar-refractivity contribution in [2.75, 3.05) is 12.4 Å². The molecule has 6 nitrogen and oxygen atoms in total. The zero-order valence-corrected chi connectivity index (χ0v) is 16.3. The lowest BCUT2D eigenvalue weighted by molar-refractivity contribution is 0.102. The maximum atomic E-state index is 12.3. The number of benzene rings is 2. The van der Waals surface area contributed by atoms with Gasteiger partial charge < -0.3 is 14.5 Å². The molecule has 1 amide bonds. The first kappa shape index (κ1) is 18.2. The van der Waals surface area contributed by atoms with Crippen LogP contribution < -0.4 is 10.1 Å². The summed E-state index contributed by atoms with van der Waals surface area (Å²) in [5.41, 5.74) is 1.32. The maximum Gasteiger partial charge on any atom is 0.286 e. The molecule has 0 spiro atoms. The molecule has 0 bridgehead atoms. The van der Waals surface area contributed by atoms with Gasteiger partial charge in [0.15, 0.2) is 16.3 Å². The number of carbonyl (C=O) groups excluding carboxylic acids is 1. The van der Waals surface area contributed by atoms with Crippen molar-refractivity contribution in [3.05, 3.63) is 70.4 Å². The van der Waals surface area contributed by atoms with Gasteiger partial charge in [-0.3, -0.25) is 4.79 Å². The minimum atomic E-state index is -0.340. The summed E-state index contributed by atoms with van der Waals surface area (Å²) in [5, 5.41) is 12.6. The highest BCUT2D eigenvalue weighted by atomic mass is 35.5. The lowest BCUT2D eigenvalue weighted by Crippen LogP contribution is -2.11. The highest BCUT2D eigenvalue weighted by Crippen LogP contribution is 2.32. The van der Waals surface area contributed by atoms with E-state index in [1.54, 1.807) is 25.3 Å². The molecule has 1 N–H and O–H groups in total. The van der Waals surface area contributed by atoms with Crippen molar-refractivity contribution >= 4 is 56.6 Å². The number of aromatic nitrogens is 2. The molecule has 0 saturated heterocycles. The zero-order valence-electron chi connectivity index (χ0n) is 14.7. The average Bonchev–Trinajstić information content (AvgIpc) is 3.35. The standard InChI is InChI=1S/C20H14ClN3O3S/c1-26-16-9-5-6-12-10-14(27-17(12)16)11-15(21)19-23-24-20(28-19)18(25)22-13-7-3-2-4-8-13/h2-11H,1H3,(H,22,25)/b15-11+. The molecular formula is C20H14ClN3O3S. The number of nitrogens with zero attached hydrogens (tertiary/aromatic N) is 2. The van der Waals surface area contributed by atoms with Crippen LogP contribution in [0.25, 0.3) is 22.1 Å². The van der Waals surface area contributed by atoms with E-state index in [4.69, 9.17) is 20.8 Å². The molecular weight excluding hydrogens is 398 g/mol. The number of hydrogen-bond acceptors (Lipinski definition) is 6. The SMILES string of the molecule is COc1cccc2cc(/C=C(/Cl)c3nnc(C(=O)Nc4ccccc4)s3)oc12. The molecule has 0 radical (unpaired) electrons. The van der Waals surface area contributed by atoms with Crippen molar-refractivity contribution in [3.8, 4) is 5.75 Å². The smallest absolute Gasteiger partial charge is 0.286 e. The van der Waals surface area contributed by atoms with Gasteiger partial charge in [0.1, 0.15) is 5.76 Å². The first-order chi connectivity index (χ1) is 13.6. The molecule has 2 aromatic heterocycles. The van der Waals surface area contributed by atoms with Gasteiger partial charge in [-0.1, -0.05) is 53.3 Å². The van der Waals surface area contributed by atoms with Gasteiger partial charge in [-0.05, 0) is 24.3 Å². The molecule has 0 atom stereocenters. The average molecular weight is 412 g/mol. The Morgan fingerprint density at radius 1 is 1.14 bits per heavy atom. The monoisotopic (exact) mass is 411 g/mol. The predicted molar refractivity (Wildman–Crippen MR) is 111 cm³/mol. The molecule has 0 aliphatic rings. The number of hydrogen-bond donors (Lipinski definition) is 1. The molecule has 2 aromatic carbocycles. The Balaban J connectivity index is 1.55. The molecule has 2 heterocycles. The van der Waals surface area contributed by atoms with Crippen LogP contribution in [0.3, 0.4) is 0 Å². The van der Waals surface area contributed by atoms with Crippen LogP contribution in [0, 0.1) is 0 Å². The fourth-order valence-corrected chi connectivity index (χ4v) is 3.50. The number of anilines is 1. The van der Waals surface area contributed by atoms with Crippen molar-refractivity contribution < 1.29 is 13.9 Å². The van der Waals surface area contributed by atoms with Crippen LogP contribution in [0.1, 0.15) is 20.6 Å². The lowest BCUT2D eigenvalue weighted by Gasteiger charge is -2.00. The minimum Gasteiger partial charge on any atom is -0.493 e. The maximum absolute atomic E-state index is 12.3. The van der Waals surface area contributed by atoms with Crippen LogP contribution in [-0.4, -0.2) is 23.2 Å². The quantitative estimate of drug-likeness (QED) is 0.483. The van der Waals surface area contributed by atoms with E-state index in [1.807, 2.05) is 42.5 Å². The Labute approximate surface area is 169 Å². The zero-order chi connectivity index (χ0) is 19.5. The predicted octanol–water partition coefficient (Wildman–Crippen LogP) is 5.28. The molecule has 0 aliphatic heterocycles. The second-order valence-electron chi connectivity index (χ2n) is 5.75. The van der Waals surface area contributed by atoms with Gasteiger partial charge in [0, 0.05) is 17.1 Å². The van der Waals surface area contributed by atoms with Crippen LogP contribution in [0.5, 0.6) is 5.75 Å². The van der Waals surface area contributed by atoms with Gasteiger partial charge in [-0.25, -0.2) is 0 Å². The summed E-state index contributed by atoms with van der Waals surface area (Å²) in [7, 11) is 1.59. The Hall–Kier alpha value is -3.16. The van der Waals surface area contributed by atoms with Crippen LogP contribution in [0.4, 0.5) is 5.69 Å². The Kier molecular flexibility index (Phi) is 5.10. The number of methoxy groups -OCH3 is 1. The van der Waals surface area contributed by atoms with Gasteiger partial charge in [0.25, 0.3) is 5.91 Å². The van der Waals surface area contributed by atoms with Gasteiger partial charge in [0.2, 0.25) is 5.01 Å². The molecule has 28 heavy (non-hydrogen) atoms. The fraction of sp³-hybridized carbons (Fsp3) is 0.0500. The van der Waals surface area contributed by atoms with E-state index in [0.717, 1.165) is 16.7 Å². The molecule has 8 heteroatoms. The van der Waals surface area contributed by atoms with Crippen molar-refractivity contribution in [2.24, 2.45) is 0 Å². The number of rotatable bonds is 5. The van der Waals surface area contributed by atoms with Crippen LogP contribution >= 0.6 is 22.9 Å². The topological polar surface area (TPSA) is 77.2 Å². The second kappa shape index (κ2) is 7.84. The van der Waals surface area contributed by atoms with Crippen LogP contribution in [0.2, 0.25) is 0 Å². The van der Waals surface area contributed by atoms with Crippen molar-refractivity contribution in [3.63, 3.8) is 0 Å². The number of nitrogens with one attached hydrogen (secondary N) is 1. The van der Waals surface area contributed by atoms with Crippen molar-refractivity contribution in [1.82, 2.24) is 10.2 Å². The number of amides is 1. The van der Waals surface area contributed by atoms with E-state index in [-0.39, 0.29) is 10.9 Å². The molecule has 140 valence electrons. The summed E-state index contributed by atoms with van der Waals surface area (Å²) in [6.45, 7) is 0. The van der Waals surface area contributed by atoms with Gasteiger partial charge in [0.05, 0.1) is 12.1 Å². The van der Waals surface area contributed by atoms with Crippen molar-refractivity contribution in [1.29, 1.82) is 0 Å². The molecule has 4 aromatic rings. The summed E-state index contributed by atoms with van der Waals surface area (Å²) >= 11 is 7.47. The minimum absolute atomic E-state index is 0.219. The Bertz CT molecular complexity index is 1170. The largest absolute Gasteiger partial charge is 0.493 e. The van der Waals surface area contributed by atoms with E-state index < -0.39 is 0 Å². The normalized spacial score (nSPS) is 11.6. The van der Waals surface area contributed by atoms with E-state index in [1.165, 1.54) is 0 Å². The summed E-state index contributed by atoms with van der Waals surface area (Å²) in [4.78, 5) is 12.3. The molecule has 4 rings (SSSR count). The van der Waals surface area contributed by atoms with E-state index >= 15 is 0 Å². The summed E-state index contributed by atoms with van der Waals surface area (Å²) in [6.07, 6.45) is 1.64. The number of para-hydroxylation sites is 2. The fourth-order valence-electron chi connectivity index (χ4n) is 2.59. The van der Waals surface area contributed by atoms with Crippen molar-refractivity contribution in [2.45, 2.75) is 0 Å². The molecule has 0 aliphatic carbocycles. The second-order valence-corrected chi connectivity index (χ2v) is 7.14. The third-order valence-electron chi connectivity index (χ3n) is 3.87. The number of halogens is 1. The van der Waals surface area contributed by atoms with E-state index in [0.29, 0.717) is 32.8 Å². The van der Waals surface area contributed by atoms with Gasteiger partial charge in [-0.2, -0.15) is 0 Å². The number of furan rings is 1. The summed E-state index contributed by atoms with van der Waals surface area (Å²) in [5.74, 6) is 0.854. The van der Waals surface area contributed by atoms with Crippen LogP contribution in [0.15, 0.2) is 59.0 Å². The Morgan fingerprint density at radius 2 is 1.93 bits per heavy atom. The third-order valence-corrected chi connectivity index (χ3v) is 5.23. The number of carbonyl (C=O) groups is 1. The third kappa shape index (κ3) is 3.76. The first-order valence-electron chi connectivity index (χ1n) is 8.28. The molecule has 0 fully saturated rings. The van der Waals surface area contributed by atoms with Gasteiger partial charge in [-0.15, -0.1) is 10.2 Å². The highest BCUT2D eigenvalue weighted by Gasteiger charge is 2.15. The Morgan fingerprint density at radius 3 is 2.71 bits per heavy atom. The first-order valence-corrected chi connectivity index (χ1v) is 9.47. The number of ether oxygens (including phenoxy) is 1. The molecule has 0 saturated carbocycles. The summed E-state index contributed by atoms with van der Waals surface area (Å²) in [6, 6.07) is 16.6. The van der Waals surface area contributed by atoms with Crippen LogP contribution in [-0.2, 0) is 0 Å². The lowest BCUT2D eigenvalue weighted by atomic mass is 10.2. The van der Waals surface area contributed by atoms with Gasteiger partial charge >= 0.3 is 0 Å². The molecule has 0 unspecified atom stereocenters. The summed E-state index contributed by atoms with van der Waals surface area (Å²) < 4.78 is 11.1. The van der Waals surface area contributed by atoms with E-state index in [2.05, 4.69) is 15.5 Å². The van der Waals surface area contributed by atoms with E-state index in [9.17, 15) is 4.79 Å². The number of fused-ring (bicyclic) bond motifs is 1. The highest BCUT2D eigenvalue weighted by molar-refractivity contribution is 7.15.